The summed E-state index contributed by atoms with van der Waals surface area (Å²) in [7, 11) is 0. The molecule has 0 amide bonds. The highest BCUT2D eigenvalue weighted by atomic mass is 19.3. The average molecular weight is 452 g/mol. The monoisotopic (exact) mass is 452 g/mol. The van der Waals surface area contributed by atoms with Crippen molar-refractivity contribution in [2.45, 2.75) is 33.1 Å². The number of aryl methyl sites for hydroxylation is 1. The Labute approximate surface area is 181 Å². The molecule has 170 valence electrons. The molecule has 3 aromatic rings. The van der Waals surface area contributed by atoms with E-state index in [4.69, 9.17) is 4.74 Å². The first-order chi connectivity index (χ1) is 15.4. The lowest BCUT2D eigenvalue weighted by Gasteiger charge is -2.09. The van der Waals surface area contributed by atoms with Crippen LogP contribution in [0.5, 0.6) is 11.5 Å². The lowest BCUT2D eigenvalue weighted by Crippen LogP contribution is -2.10. The summed E-state index contributed by atoms with van der Waals surface area (Å²) in [6.07, 6.45) is 0.0791. The van der Waals surface area contributed by atoms with Gasteiger partial charge in [0, 0.05) is 11.1 Å². The number of nitrogens with zero attached hydrogens (tertiary/aromatic N) is 2. The van der Waals surface area contributed by atoms with E-state index >= 15 is 0 Å². The number of alkyl halides is 4. The molecule has 0 aliphatic carbocycles. The van der Waals surface area contributed by atoms with Gasteiger partial charge >= 0.3 is 19.2 Å². The lowest BCUT2D eigenvalue weighted by molar-refractivity contribution is -0.143. The van der Waals surface area contributed by atoms with Crippen molar-refractivity contribution in [3.05, 3.63) is 54.6 Å². The molecule has 3 rings (SSSR count). The smallest absolute Gasteiger partial charge is 0.387 e. The Balaban J connectivity index is 1.90. The zero-order chi connectivity index (χ0) is 23.1. The van der Waals surface area contributed by atoms with E-state index in [-0.39, 0.29) is 37.0 Å². The topological polar surface area (TPSA) is 62.6 Å². The Morgan fingerprint density at radius 1 is 0.906 bits per heavy atom. The molecule has 0 aliphatic heterocycles. The molecule has 0 atom stereocenters. The number of aromatic nitrogens is 2. The van der Waals surface area contributed by atoms with Crippen LogP contribution in [0.25, 0.3) is 22.5 Å². The molecule has 6 nitrogen and oxygen atoms in total. The fourth-order valence-electron chi connectivity index (χ4n) is 3.01. The van der Waals surface area contributed by atoms with Crippen LogP contribution in [0.15, 0.2) is 54.6 Å². The molecule has 0 N–H and O–H groups in total. The van der Waals surface area contributed by atoms with Crippen LogP contribution in [0, 0.1) is 0 Å². The van der Waals surface area contributed by atoms with Gasteiger partial charge in [-0.25, -0.2) is 0 Å². The van der Waals surface area contributed by atoms with Gasteiger partial charge in [0.2, 0.25) is 0 Å². The maximum absolute atomic E-state index is 12.4. The Bertz CT molecular complexity index is 1020. The second kappa shape index (κ2) is 10.7. The normalized spacial score (nSPS) is 11.1. The van der Waals surface area contributed by atoms with Crippen molar-refractivity contribution in [2.24, 2.45) is 0 Å². The fourth-order valence-corrected chi connectivity index (χ4v) is 3.01. The summed E-state index contributed by atoms with van der Waals surface area (Å²) in [6, 6.07) is 13.7. The van der Waals surface area contributed by atoms with Gasteiger partial charge in [0.15, 0.2) is 0 Å². The van der Waals surface area contributed by atoms with Gasteiger partial charge in [-0.1, -0.05) is 0 Å². The van der Waals surface area contributed by atoms with Gasteiger partial charge in [0.1, 0.15) is 11.5 Å². The van der Waals surface area contributed by atoms with Crippen LogP contribution in [0.3, 0.4) is 0 Å². The molecular weight excluding hydrogens is 432 g/mol. The first-order valence-electron chi connectivity index (χ1n) is 9.69. The Kier molecular flexibility index (Phi) is 7.69. The second-order valence-corrected chi connectivity index (χ2v) is 6.50. The highest BCUT2D eigenvalue weighted by Crippen LogP contribution is 2.29. The number of hydrogen-bond donors (Lipinski definition) is 0. The predicted octanol–water partition coefficient (Wildman–Crippen LogP) is 5.37. The molecule has 0 aliphatic rings. The summed E-state index contributed by atoms with van der Waals surface area (Å²) in [5, 5.41) is 4.52. The van der Waals surface area contributed by atoms with E-state index in [1.54, 1.807) is 41.9 Å². The van der Waals surface area contributed by atoms with Gasteiger partial charge in [0.25, 0.3) is 0 Å². The molecule has 0 unspecified atom stereocenters. The third-order valence-electron chi connectivity index (χ3n) is 4.36. The van der Waals surface area contributed by atoms with Crippen molar-refractivity contribution in [3.8, 4) is 34.0 Å². The summed E-state index contributed by atoms with van der Waals surface area (Å²) >= 11 is 0. The van der Waals surface area contributed by atoms with Crippen LogP contribution in [0.1, 0.15) is 13.3 Å². The highest BCUT2D eigenvalue weighted by Gasteiger charge is 2.15. The van der Waals surface area contributed by atoms with E-state index in [2.05, 4.69) is 14.6 Å². The molecule has 0 spiro atoms. The van der Waals surface area contributed by atoms with Crippen molar-refractivity contribution in [1.82, 2.24) is 9.78 Å². The summed E-state index contributed by atoms with van der Waals surface area (Å²) < 4.78 is 64.8. The van der Waals surface area contributed by atoms with Gasteiger partial charge in [-0.2, -0.15) is 22.7 Å². The molecule has 10 heteroatoms. The Morgan fingerprint density at radius 2 is 1.44 bits per heavy atom. The van der Waals surface area contributed by atoms with E-state index in [1.165, 1.54) is 24.3 Å². The number of esters is 1. The number of ether oxygens (including phenoxy) is 3. The predicted molar refractivity (Wildman–Crippen MR) is 108 cm³/mol. The Morgan fingerprint density at radius 3 is 1.94 bits per heavy atom. The van der Waals surface area contributed by atoms with Crippen molar-refractivity contribution in [3.63, 3.8) is 0 Å². The first kappa shape index (κ1) is 23.1. The third kappa shape index (κ3) is 6.22. The minimum Gasteiger partial charge on any atom is -0.466 e. The zero-order valence-corrected chi connectivity index (χ0v) is 17.0. The molecule has 32 heavy (non-hydrogen) atoms. The number of hydrogen-bond acceptors (Lipinski definition) is 5. The number of carbonyl (C=O) groups is 1. The van der Waals surface area contributed by atoms with Gasteiger partial charge in [0.05, 0.1) is 31.0 Å². The summed E-state index contributed by atoms with van der Waals surface area (Å²) in [5.41, 5.74) is 2.45. The fraction of sp³-hybridized carbons (Fsp3) is 0.273. The van der Waals surface area contributed by atoms with E-state index in [0.717, 1.165) is 0 Å². The summed E-state index contributed by atoms with van der Waals surface area (Å²) in [6.45, 7) is -3.67. The average Bonchev–Trinajstić information content (AvgIpc) is 3.17. The number of rotatable bonds is 10. The van der Waals surface area contributed by atoms with Gasteiger partial charge in [-0.15, -0.1) is 0 Å². The maximum atomic E-state index is 12.4. The Hall–Kier alpha value is -3.56. The molecule has 0 fully saturated rings. The number of benzene rings is 2. The molecule has 1 aromatic heterocycles. The largest absolute Gasteiger partial charge is 0.466 e. The molecule has 1 heterocycles. The van der Waals surface area contributed by atoms with Crippen LogP contribution >= 0.6 is 0 Å². The van der Waals surface area contributed by atoms with Crippen molar-refractivity contribution in [2.75, 3.05) is 6.61 Å². The van der Waals surface area contributed by atoms with Crippen LogP contribution in [0.4, 0.5) is 17.6 Å². The number of carbonyl (C=O) groups excluding carboxylic acids is 1. The van der Waals surface area contributed by atoms with Crippen LogP contribution < -0.4 is 9.47 Å². The molecule has 0 bridgehead atoms. The zero-order valence-electron chi connectivity index (χ0n) is 17.0. The van der Waals surface area contributed by atoms with Crippen molar-refractivity contribution >= 4 is 5.97 Å². The molecular formula is C22H20F4N2O4. The van der Waals surface area contributed by atoms with E-state index < -0.39 is 13.2 Å². The van der Waals surface area contributed by atoms with Crippen LogP contribution in [0.2, 0.25) is 0 Å². The molecule has 2 aromatic carbocycles. The van der Waals surface area contributed by atoms with Gasteiger partial charge < -0.3 is 14.2 Å². The second-order valence-electron chi connectivity index (χ2n) is 6.50. The summed E-state index contributed by atoms with van der Waals surface area (Å²) in [5.74, 6) is -0.360. The quantitative estimate of drug-likeness (QED) is 0.306. The summed E-state index contributed by atoms with van der Waals surface area (Å²) in [4.78, 5) is 11.8. The van der Waals surface area contributed by atoms with Crippen molar-refractivity contribution in [1.29, 1.82) is 0 Å². The molecule has 0 saturated carbocycles. The van der Waals surface area contributed by atoms with Gasteiger partial charge in [-0.3, -0.25) is 9.48 Å². The van der Waals surface area contributed by atoms with Gasteiger partial charge in [-0.05, 0) is 61.5 Å². The first-order valence-corrected chi connectivity index (χ1v) is 9.69. The van der Waals surface area contributed by atoms with Crippen LogP contribution in [-0.4, -0.2) is 35.6 Å². The lowest BCUT2D eigenvalue weighted by atomic mass is 10.1. The third-order valence-corrected chi connectivity index (χ3v) is 4.36. The minimum atomic E-state index is -2.93. The maximum Gasteiger partial charge on any atom is 0.387 e. The number of halogens is 4. The van der Waals surface area contributed by atoms with E-state index in [9.17, 15) is 22.4 Å². The standard InChI is InChI=1S/C22H20F4N2O4/c1-2-30-20(29)11-12-28-19(15-5-9-17(10-6-15)32-22(25)26)13-18(27-28)14-3-7-16(8-4-14)31-21(23)24/h3-10,13,21-22H,2,11-12H2,1H3. The van der Waals surface area contributed by atoms with Crippen molar-refractivity contribution < 1.29 is 36.6 Å². The molecule has 0 radical (unpaired) electrons. The highest BCUT2D eigenvalue weighted by molar-refractivity contribution is 5.71. The minimum absolute atomic E-state index is 0.0104. The van der Waals surface area contributed by atoms with E-state index in [1.807, 2.05) is 0 Å². The van der Waals surface area contributed by atoms with Crippen LogP contribution in [-0.2, 0) is 16.1 Å². The van der Waals surface area contributed by atoms with E-state index in [0.29, 0.717) is 22.5 Å². The SMILES string of the molecule is CCOC(=O)CCn1nc(-c2ccc(OC(F)F)cc2)cc1-c1ccc(OC(F)F)cc1. The molecule has 0 saturated heterocycles.